The van der Waals surface area contributed by atoms with Crippen molar-refractivity contribution in [1.82, 2.24) is 19.8 Å². The van der Waals surface area contributed by atoms with Crippen molar-refractivity contribution in [2.75, 3.05) is 46.4 Å². The number of carbonyl (C=O) groups is 2. The molecule has 11 heteroatoms. The first-order chi connectivity index (χ1) is 16.9. The average molecular weight is 499 g/mol. The van der Waals surface area contributed by atoms with E-state index in [-0.39, 0.29) is 23.9 Å². The number of sulfonamides is 1. The quantitative estimate of drug-likeness (QED) is 0.600. The molecule has 0 aromatic heterocycles. The molecule has 0 bridgehead atoms. The lowest BCUT2D eigenvalue weighted by Gasteiger charge is -2.27. The van der Waals surface area contributed by atoms with Crippen LogP contribution in [0.4, 0.5) is 4.79 Å². The molecule has 0 saturated carbocycles. The van der Waals surface area contributed by atoms with Gasteiger partial charge in [0.15, 0.2) is 11.5 Å². The molecule has 0 radical (unpaired) electrons. The number of fused-ring (bicyclic) bond motifs is 1. The Morgan fingerprint density at radius 2 is 1.57 bits per heavy atom. The van der Waals surface area contributed by atoms with Gasteiger partial charge in [0.2, 0.25) is 15.9 Å². The Balaban J connectivity index is 1.28. The van der Waals surface area contributed by atoms with E-state index in [2.05, 4.69) is 10.6 Å². The van der Waals surface area contributed by atoms with Crippen LogP contribution in [0.1, 0.15) is 11.6 Å². The van der Waals surface area contributed by atoms with Crippen LogP contribution in [0.3, 0.4) is 0 Å². The topological polar surface area (TPSA) is 117 Å². The summed E-state index contributed by atoms with van der Waals surface area (Å²) in [6, 6.07) is 12.4. The maximum absolute atomic E-state index is 13.4. The van der Waals surface area contributed by atoms with Gasteiger partial charge >= 0.3 is 6.03 Å². The molecule has 5 rings (SSSR count). The molecule has 35 heavy (non-hydrogen) atoms. The van der Waals surface area contributed by atoms with Crippen molar-refractivity contribution in [3.63, 3.8) is 0 Å². The summed E-state index contributed by atoms with van der Waals surface area (Å²) in [5.74, 6) is 0.713. The van der Waals surface area contributed by atoms with Crippen LogP contribution in [0, 0.1) is 0 Å². The normalized spacial score (nSPS) is 18.3. The third-order valence-corrected chi connectivity index (χ3v) is 8.13. The number of benzene rings is 2. The maximum atomic E-state index is 13.4. The van der Waals surface area contributed by atoms with Crippen molar-refractivity contribution < 1.29 is 27.5 Å². The van der Waals surface area contributed by atoms with Crippen LogP contribution in [0.15, 0.2) is 64.6 Å². The molecule has 2 aromatic rings. The second kappa shape index (κ2) is 9.23. The lowest BCUT2D eigenvalue weighted by Crippen LogP contribution is -2.45. The molecule has 0 saturated heterocycles. The van der Waals surface area contributed by atoms with Crippen LogP contribution in [0.5, 0.6) is 11.5 Å². The van der Waals surface area contributed by atoms with Gasteiger partial charge in [-0.1, -0.05) is 30.3 Å². The van der Waals surface area contributed by atoms with Crippen LogP contribution < -0.4 is 20.1 Å². The molecular weight excluding hydrogens is 472 g/mol. The number of hydrogen-bond donors (Lipinski definition) is 2. The molecule has 3 amide bonds. The molecule has 2 aromatic carbocycles. The summed E-state index contributed by atoms with van der Waals surface area (Å²) in [6.07, 6.45) is 0. The third-order valence-electron chi connectivity index (χ3n) is 6.34. The Labute approximate surface area is 203 Å². The van der Waals surface area contributed by atoms with E-state index in [9.17, 15) is 18.0 Å². The van der Waals surface area contributed by atoms with Gasteiger partial charge in [0, 0.05) is 39.3 Å². The van der Waals surface area contributed by atoms with Crippen molar-refractivity contribution in [2.45, 2.75) is 10.9 Å². The van der Waals surface area contributed by atoms with Gasteiger partial charge in [-0.25, -0.2) is 13.2 Å². The summed E-state index contributed by atoms with van der Waals surface area (Å²) >= 11 is 0. The van der Waals surface area contributed by atoms with E-state index in [1.165, 1.54) is 23.5 Å². The minimum Gasteiger partial charge on any atom is -0.486 e. The lowest BCUT2D eigenvalue weighted by atomic mass is 10.1. The van der Waals surface area contributed by atoms with Crippen LogP contribution in [0.25, 0.3) is 0 Å². The fourth-order valence-electron chi connectivity index (χ4n) is 4.52. The van der Waals surface area contributed by atoms with Crippen molar-refractivity contribution in [3.05, 3.63) is 65.2 Å². The standard InChI is InChI=1S/C24H26N4O6S/c1-25-24(30)26-22(16-5-3-2-4-6-16)23(29)27-12-17-14-28(15-18(17)13-27)35(31,32)19-7-8-20-21(11-19)34-10-9-33-20/h2-8,11,22H,9-10,12-15H2,1H3,(H2,25,26,30)/t22-/m0/s1. The summed E-state index contributed by atoms with van der Waals surface area (Å²) in [5, 5.41) is 5.20. The summed E-state index contributed by atoms with van der Waals surface area (Å²) in [6.45, 7) is 1.88. The lowest BCUT2D eigenvalue weighted by molar-refractivity contribution is -0.132. The first-order valence-electron chi connectivity index (χ1n) is 11.3. The van der Waals surface area contributed by atoms with Crippen LogP contribution in [-0.4, -0.2) is 76.0 Å². The highest BCUT2D eigenvalue weighted by Crippen LogP contribution is 2.35. The smallest absolute Gasteiger partial charge is 0.315 e. The molecule has 0 spiro atoms. The molecular formula is C24H26N4O6S. The van der Waals surface area contributed by atoms with Gasteiger partial charge in [0.1, 0.15) is 19.3 Å². The molecule has 3 heterocycles. The highest BCUT2D eigenvalue weighted by atomic mass is 32.2. The molecule has 10 nitrogen and oxygen atoms in total. The Bertz CT molecular complexity index is 1280. The summed E-state index contributed by atoms with van der Waals surface area (Å²) < 4.78 is 39.0. The van der Waals surface area contributed by atoms with Gasteiger partial charge in [-0.3, -0.25) is 4.79 Å². The zero-order valence-electron chi connectivity index (χ0n) is 19.2. The predicted molar refractivity (Wildman–Crippen MR) is 127 cm³/mol. The van der Waals surface area contributed by atoms with E-state index in [1.807, 2.05) is 18.2 Å². The van der Waals surface area contributed by atoms with E-state index in [0.717, 1.165) is 11.1 Å². The van der Waals surface area contributed by atoms with Gasteiger partial charge < -0.3 is 25.0 Å². The molecule has 2 N–H and O–H groups in total. The number of rotatable bonds is 5. The Morgan fingerprint density at radius 3 is 2.23 bits per heavy atom. The minimum atomic E-state index is -3.74. The maximum Gasteiger partial charge on any atom is 0.315 e. The van der Waals surface area contributed by atoms with E-state index in [0.29, 0.717) is 43.4 Å². The zero-order chi connectivity index (χ0) is 24.6. The van der Waals surface area contributed by atoms with Gasteiger partial charge in [-0.2, -0.15) is 4.31 Å². The molecule has 0 fully saturated rings. The average Bonchev–Trinajstić information content (AvgIpc) is 3.47. The Kier molecular flexibility index (Phi) is 6.12. The number of amides is 3. The number of ether oxygens (including phenoxy) is 2. The Morgan fingerprint density at radius 1 is 0.914 bits per heavy atom. The first-order valence-corrected chi connectivity index (χ1v) is 12.7. The van der Waals surface area contributed by atoms with Crippen molar-refractivity contribution >= 4 is 22.0 Å². The second-order valence-electron chi connectivity index (χ2n) is 8.55. The molecule has 0 unspecified atom stereocenters. The van der Waals surface area contributed by atoms with E-state index in [1.54, 1.807) is 23.1 Å². The van der Waals surface area contributed by atoms with E-state index >= 15 is 0 Å². The molecule has 3 aliphatic heterocycles. The second-order valence-corrected chi connectivity index (χ2v) is 10.5. The van der Waals surface area contributed by atoms with Gasteiger partial charge in [0.05, 0.1) is 4.90 Å². The predicted octanol–water partition coefficient (Wildman–Crippen LogP) is 1.27. The summed E-state index contributed by atoms with van der Waals surface area (Å²) in [7, 11) is -2.25. The van der Waals surface area contributed by atoms with Crippen molar-refractivity contribution in [3.8, 4) is 11.5 Å². The first kappa shape index (κ1) is 23.2. The fraction of sp³-hybridized carbons (Fsp3) is 0.333. The van der Waals surface area contributed by atoms with Gasteiger partial charge in [0.25, 0.3) is 0 Å². The number of urea groups is 1. The zero-order valence-corrected chi connectivity index (χ0v) is 20.0. The Hall–Kier alpha value is -3.57. The third kappa shape index (κ3) is 4.44. The SMILES string of the molecule is CNC(=O)N[C@H](C(=O)N1CC2=C(C1)CN(S(=O)(=O)c1ccc3c(c1)OCCO3)C2)c1ccccc1. The highest BCUT2D eigenvalue weighted by Gasteiger charge is 2.39. The highest BCUT2D eigenvalue weighted by molar-refractivity contribution is 7.89. The van der Waals surface area contributed by atoms with Crippen LogP contribution in [-0.2, 0) is 14.8 Å². The minimum absolute atomic E-state index is 0.148. The fourth-order valence-corrected chi connectivity index (χ4v) is 5.97. The number of carbonyl (C=O) groups excluding carboxylic acids is 2. The molecule has 184 valence electrons. The largest absolute Gasteiger partial charge is 0.486 e. The summed E-state index contributed by atoms with van der Waals surface area (Å²) in [5.41, 5.74) is 2.49. The van der Waals surface area contributed by atoms with Crippen LogP contribution >= 0.6 is 0 Å². The van der Waals surface area contributed by atoms with E-state index in [4.69, 9.17) is 9.47 Å². The van der Waals surface area contributed by atoms with Crippen molar-refractivity contribution in [1.29, 1.82) is 0 Å². The van der Waals surface area contributed by atoms with Gasteiger partial charge in [-0.15, -0.1) is 0 Å². The summed E-state index contributed by atoms with van der Waals surface area (Å²) in [4.78, 5) is 27.2. The van der Waals surface area contributed by atoms with E-state index < -0.39 is 22.1 Å². The monoisotopic (exact) mass is 498 g/mol. The van der Waals surface area contributed by atoms with Gasteiger partial charge in [-0.05, 0) is 28.8 Å². The molecule has 0 aliphatic carbocycles. The number of nitrogens with zero attached hydrogens (tertiary/aromatic N) is 2. The van der Waals surface area contributed by atoms with Crippen molar-refractivity contribution in [2.24, 2.45) is 0 Å². The number of hydrogen-bond acceptors (Lipinski definition) is 6. The molecule has 1 atom stereocenters. The number of nitrogens with one attached hydrogen (secondary N) is 2. The van der Waals surface area contributed by atoms with Crippen LogP contribution in [0.2, 0.25) is 0 Å². The molecule has 3 aliphatic rings.